The Bertz CT molecular complexity index is 1150. The lowest BCUT2D eigenvalue weighted by Crippen LogP contribution is -2.18. The fourth-order valence-electron chi connectivity index (χ4n) is 2.82. The molecule has 0 saturated heterocycles. The predicted octanol–water partition coefficient (Wildman–Crippen LogP) is 3.89. The van der Waals surface area contributed by atoms with Gasteiger partial charge in [0.1, 0.15) is 11.5 Å². The second kappa shape index (κ2) is 8.82. The lowest BCUT2D eigenvalue weighted by molar-refractivity contribution is -0.385. The van der Waals surface area contributed by atoms with E-state index in [9.17, 15) is 19.7 Å². The lowest BCUT2D eigenvalue weighted by atomic mass is 10.1. The molecule has 30 heavy (non-hydrogen) atoms. The molecule has 0 bridgehead atoms. The molecule has 0 radical (unpaired) electrons. The average molecular weight is 406 g/mol. The SMILES string of the molecule is CC(=O)Nc1cccc(C(=O)NN=Cc2ccc(-c3cccc([N+](=O)[O-])c3C)o2)c1. The quantitative estimate of drug-likeness (QED) is 0.365. The second-order valence-electron chi connectivity index (χ2n) is 6.37. The molecule has 1 aromatic heterocycles. The predicted molar refractivity (Wildman–Crippen MR) is 111 cm³/mol. The summed E-state index contributed by atoms with van der Waals surface area (Å²) in [7, 11) is 0. The van der Waals surface area contributed by atoms with E-state index in [-0.39, 0.29) is 11.6 Å². The Morgan fingerprint density at radius 3 is 2.63 bits per heavy atom. The summed E-state index contributed by atoms with van der Waals surface area (Å²) in [5.74, 6) is 0.119. The smallest absolute Gasteiger partial charge is 0.273 e. The summed E-state index contributed by atoms with van der Waals surface area (Å²) in [5, 5.41) is 17.6. The van der Waals surface area contributed by atoms with Gasteiger partial charge in [0, 0.05) is 35.4 Å². The van der Waals surface area contributed by atoms with E-state index in [1.165, 1.54) is 25.3 Å². The zero-order chi connectivity index (χ0) is 21.7. The summed E-state index contributed by atoms with van der Waals surface area (Å²) >= 11 is 0. The third kappa shape index (κ3) is 4.76. The van der Waals surface area contributed by atoms with Crippen molar-refractivity contribution in [1.82, 2.24) is 5.43 Å². The number of nitrogens with zero attached hydrogens (tertiary/aromatic N) is 2. The minimum absolute atomic E-state index is 0.00729. The molecule has 9 nitrogen and oxygen atoms in total. The summed E-state index contributed by atoms with van der Waals surface area (Å²) in [4.78, 5) is 34.0. The van der Waals surface area contributed by atoms with Crippen molar-refractivity contribution < 1.29 is 18.9 Å². The van der Waals surface area contributed by atoms with Gasteiger partial charge in [-0.05, 0) is 37.3 Å². The van der Waals surface area contributed by atoms with Crippen molar-refractivity contribution in [3.8, 4) is 11.3 Å². The van der Waals surface area contributed by atoms with Crippen molar-refractivity contribution in [2.45, 2.75) is 13.8 Å². The fourth-order valence-corrected chi connectivity index (χ4v) is 2.82. The van der Waals surface area contributed by atoms with E-state index >= 15 is 0 Å². The molecule has 0 atom stereocenters. The molecule has 152 valence electrons. The van der Waals surface area contributed by atoms with Crippen LogP contribution < -0.4 is 10.7 Å². The van der Waals surface area contributed by atoms with Crippen molar-refractivity contribution >= 4 is 29.4 Å². The topological polar surface area (TPSA) is 127 Å². The third-order valence-electron chi connectivity index (χ3n) is 4.20. The molecule has 9 heteroatoms. The van der Waals surface area contributed by atoms with E-state index in [2.05, 4.69) is 15.8 Å². The average Bonchev–Trinajstić information content (AvgIpc) is 3.16. The first-order chi connectivity index (χ1) is 14.3. The van der Waals surface area contributed by atoms with E-state index in [4.69, 9.17) is 4.42 Å². The van der Waals surface area contributed by atoms with Gasteiger partial charge in [-0.15, -0.1) is 0 Å². The van der Waals surface area contributed by atoms with Crippen LogP contribution in [-0.4, -0.2) is 23.0 Å². The Balaban J connectivity index is 1.70. The molecule has 0 aliphatic rings. The van der Waals surface area contributed by atoms with Crippen LogP contribution in [0.1, 0.15) is 28.6 Å². The van der Waals surface area contributed by atoms with Crippen molar-refractivity contribution in [1.29, 1.82) is 0 Å². The number of hydrogen-bond acceptors (Lipinski definition) is 6. The number of nitro benzene ring substituents is 1. The molecule has 0 aliphatic carbocycles. The number of nitrogens with one attached hydrogen (secondary N) is 2. The van der Waals surface area contributed by atoms with E-state index in [1.54, 1.807) is 49.4 Å². The van der Waals surface area contributed by atoms with Gasteiger partial charge in [-0.25, -0.2) is 5.43 Å². The van der Waals surface area contributed by atoms with Crippen LogP contribution in [0.5, 0.6) is 0 Å². The van der Waals surface area contributed by atoms with Crippen LogP contribution in [0, 0.1) is 17.0 Å². The number of carbonyl (C=O) groups excluding carboxylic acids is 2. The lowest BCUT2D eigenvalue weighted by Gasteiger charge is -2.04. The Hall–Kier alpha value is -4.27. The van der Waals surface area contributed by atoms with Crippen LogP contribution in [0.3, 0.4) is 0 Å². The van der Waals surface area contributed by atoms with Crippen molar-refractivity contribution in [3.63, 3.8) is 0 Å². The highest BCUT2D eigenvalue weighted by Gasteiger charge is 2.16. The Morgan fingerprint density at radius 2 is 1.90 bits per heavy atom. The van der Waals surface area contributed by atoms with E-state index < -0.39 is 10.8 Å². The Morgan fingerprint density at radius 1 is 1.13 bits per heavy atom. The number of carbonyl (C=O) groups is 2. The number of rotatable bonds is 6. The monoisotopic (exact) mass is 406 g/mol. The molecular weight excluding hydrogens is 388 g/mol. The molecule has 2 amide bonds. The molecule has 2 aromatic carbocycles. The van der Waals surface area contributed by atoms with Crippen molar-refractivity contribution in [3.05, 3.63) is 81.6 Å². The summed E-state index contributed by atoms with van der Waals surface area (Å²) in [6, 6.07) is 14.5. The third-order valence-corrected chi connectivity index (χ3v) is 4.20. The Labute approximate surface area is 171 Å². The first-order valence-electron chi connectivity index (χ1n) is 8.90. The van der Waals surface area contributed by atoms with Gasteiger partial charge in [-0.3, -0.25) is 19.7 Å². The summed E-state index contributed by atoms with van der Waals surface area (Å²) in [6.45, 7) is 3.03. The number of benzene rings is 2. The van der Waals surface area contributed by atoms with Gasteiger partial charge in [0.15, 0.2) is 0 Å². The van der Waals surface area contributed by atoms with Gasteiger partial charge in [0.05, 0.1) is 11.1 Å². The zero-order valence-electron chi connectivity index (χ0n) is 16.2. The maximum absolute atomic E-state index is 12.2. The summed E-state index contributed by atoms with van der Waals surface area (Å²) in [6.07, 6.45) is 1.33. The van der Waals surface area contributed by atoms with Gasteiger partial charge in [0.2, 0.25) is 5.91 Å². The highest BCUT2D eigenvalue weighted by atomic mass is 16.6. The van der Waals surface area contributed by atoms with Crippen molar-refractivity contribution in [2.75, 3.05) is 5.32 Å². The molecule has 0 aliphatic heterocycles. The molecule has 0 saturated carbocycles. The highest BCUT2D eigenvalue weighted by molar-refractivity contribution is 5.97. The van der Waals surface area contributed by atoms with Gasteiger partial charge >= 0.3 is 0 Å². The maximum atomic E-state index is 12.2. The molecule has 0 unspecified atom stereocenters. The largest absolute Gasteiger partial charge is 0.455 e. The number of nitro groups is 1. The Kier molecular flexibility index (Phi) is 6.02. The number of furan rings is 1. The summed E-state index contributed by atoms with van der Waals surface area (Å²) < 4.78 is 5.66. The van der Waals surface area contributed by atoms with E-state index in [1.807, 2.05) is 0 Å². The van der Waals surface area contributed by atoms with Crippen LogP contribution in [0.15, 0.2) is 64.1 Å². The molecular formula is C21H18N4O5. The van der Waals surface area contributed by atoms with Gasteiger partial charge in [-0.2, -0.15) is 5.10 Å². The number of hydrogen-bond donors (Lipinski definition) is 2. The van der Waals surface area contributed by atoms with Gasteiger partial charge in [0.25, 0.3) is 11.6 Å². The number of amides is 2. The second-order valence-corrected chi connectivity index (χ2v) is 6.37. The van der Waals surface area contributed by atoms with Crippen LogP contribution in [0.4, 0.5) is 11.4 Å². The number of anilines is 1. The van der Waals surface area contributed by atoms with Crippen LogP contribution >= 0.6 is 0 Å². The molecule has 2 N–H and O–H groups in total. The van der Waals surface area contributed by atoms with E-state index in [0.717, 1.165) is 0 Å². The number of hydrazone groups is 1. The van der Waals surface area contributed by atoms with Crippen LogP contribution in [-0.2, 0) is 4.79 Å². The standard InChI is InChI=1S/C21H18N4O5/c1-13-18(7-4-8-19(13)25(28)29)20-10-9-17(30-20)12-22-24-21(27)15-5-3-6-16(11-15)23-14(2)26/h3-12H,1-2H3,(H,23,26)(H,24,27). The molecule has 0 spiro atoms. The molecule has 1 heterocycles. The molecule has 3 rings (SSSR count). The van der Waals surface area contributed by atoms with Crippen LogP contribution in [0.25, 0.3) is 11.3 Å². The highest BCUT2D eigenvalue weighted by Crippen LogP contribution is 2.30. The molecule has 0 fully saturated rings. The first-order valence-corrected chi connectivity index (χ1v) is 8.90. The van der Waals surface area contributed by atoms with E-state index in [0.29, 0.717) is 33.9 Å². The van der Waals surface area contributed by atoms with Gasteiger partial charge in [-0.1, -0.05) is 18.2 Å². The van der Waals surface area contributed by atoms with Crippen molar-refractivity contribution in [2.24, 2.45) is 5.10 Å². The van der Waals surface area contributed by atoms with Gasteiger partial charge < -0.3 is 9.73 Å². The fraction of sp³-hybridized carbons (Fsp3) is 0.0952. The molecule has 3 aromatic rings. The zero-order valence-corrected chi connectivity index (χ0v) is 16.2. The summed E-state index contributed by atoms with van der Waals surface area (Å²) in [5.41, 5.74) is 4.31. The van der Waals surface area contributed by atoms with Crippen LogP contribution in [0.2, 0.25) is 0 Å². The first kappa shape index (κ1) is 20.5. The normalized spacial score (nSPS) is 10.7. The minimum atomic E-state index is -0.459. The minimum Gasteiger partial charge on any atom is -0.455 e. The maximum Gasteiger partial charge on any atom is 0.273 e.